The summed E-state index contributed by atoms with van der Waals surface area (Å²) in [7, 11) is 0. The molecule has 1 spiro atoms. The number of hydrogen-bond donors (Lipinski definition) is 1. The van der Waals surface area contributed by atoms with E-state index in [0.29, 0.717) is 10.8 Å². The van der Waals surface area contributed by atoms with E-state index in [1.165, 1.54) is 38.6 Å². The summed E-state index contributed by atoms with van der Waals surface area (Å²) in [5.41, 5.74) is 1.26. The van der Waals surface area contributed by atoms with Crippen molar-refractivity contribution in [3.8, 4) is 0 Å². The van der Waals surface area contributed by atoms with Crippen LogP contribution in [-0.4, -0.2) is 13.1 Å². The average molecular weight is 251 g/mol. The summed E-state index contributed by atoms with van der Waals surface area (Å²) in [4.78, 5) is 0. The van der Waals surface area contributed by atoms with E-state index in [0.717, 1.165) is 24.3 Å². The second-order valence-electron chi connectivity index (χ2n) is 7.67. The van der Waals surface area contributed by atoms with Crippen molar-refractivity contribution in [3.63, 3.8) is 0 Å². The molecule has 2 rings (SSSR count). The topological polar surface area (TPSA) is 12.0 Å². The molecule has 2 saturated carbocycles. The predicted octanol–water partition coefficient (Wildman–Crippen LogP) is 4.47. The van der Waals surface area contributed by atoms with Crippen LogP contribution >= 0.6 is 0 Å². The van der Waals surface area contributed by atoms with Crippen molar-refractivity contribution in [1.29, 1.82) is 0 Å². The van der Waals surface area contributed by atoms with Gasteiger partial charge >= 0.3 is 0 Å². The summed E-state index contributed by atoms with van der Waals surface area (Å²) in [5.74, 6) is 2.80. The lowest BCUT2D eigenvalue weighted by atomic mass is 9.85. The smallest absolute Gasteiger partial charge is 0.000979 e. The molecule has 0 radical (unpaired) electrons. The first-order valence-electron chi connectivity index (χ1n) is 8.16. The van der Waals surface area contributed by atoms with Crippen molar-refractivity contribution in [2.24, 2.45) is 28.6 Å². The molecule has 3 atom stereocenters. The van der Waals surface area contributed by atoms with Gasteiger partial charge in [0.2, 0.25) is 0 Å². The van der Waals surface area contributed by atoms with Gasteiger partial charge in [0.05, 0.1) is 0 Å². The van der Waals surface area contributed by atoms with Crippen LogP contribution in [0.4, 0.5) is 0 Å². The van der Waals surface area contributed by atoms with Crippen LogP contribution in [0.3, 0.4) is 0 Å². The highest BCUT2D eigenvalue weighted by atomic mass is 14.9. The first kappa shape index (κ1) is 14.4. The highest BCUT2D eigenvalue weighted by Gasteiger charge is 2.68. The molecule has 0 aromatic heterocycles. The maximum absolute atomic E-state index is 3.59. The Morgan fingerprint density at radius 3 is 2.50 bits per heavy atom. The molecule has 0 aromatic carbocycles. The van der Waals surface area contributed by atoms with Crippen molar-refractivity contribution in [1.82, 2.24) is 5.32 Å². The summed E-state index contributed by atoms with van der Waals surface area (Å²) in [6, 6.07) is 0. The summed E-state index contributed by atoms with van der Waals surface area (Å²) < 4.78 is 0. The fourth-order valence-electron chi connectivity index (χ4n) is 4.85. The van der Waals surface area contributed by atoms with Crippen molar-refractivity contribution < 1.29 is 0 Å². The summed E-state index contributed by atoms with van der Waals surface area (Å²) in [5, 5.41) is 3.59. The lowest BCUT2D eigenvalue weighted by molar-refractivity contribution is 0.303. The molecule has 2 fully saturated rings. The molecule has 0 aliphatic heterocycles. The zero-order chi connectivity index (χ0) is 13.4. The number of hydrogen-bond acceptors (Lipinski definition) is 1. The van der Waals surface area contributed by atoms with Gasteiger partial charge in [-0.05, 0) is 60.9 Å². The van der Waals surface area contributed by atoms with E-state index >= 15 is 0 Å². The van der Waals surface area contributed by atoms with E-state index in [4.69, 9.17) is 0 Å². The molecule has 0 amide bonds. The minimum Gasteiger partial charge on any atom is -0.317 e. The molecule has 0 saturated heterocycles. The second-order valence-corrected chi connectivity index (χ2v) is 7.67. The number of nitrogens with one attached hydrogen (secondary N) is 1. The van der Waals surface area contributed by atoms with Gasteiger partial charge in [-0.3, -0.25) is 0 Å². The molecule has 3 unspecified atom stereocenters. The Kier molecular flexibility index (Phi) is 4.11. The van der Waals surface area contributed by atoms with Crippen molar-refractivity contribution in [3.05, 3.63) is 0 Å². The molecular weight excluding hydrogens is 218 g/mol. The monoisotopic (exact) mass is 251 g/mol. The van der Waals surface area contributed by atoms with Gasteiger partial charge in [0, 0.05) is 0 Å². The SMILES string of the molecule is CCNCC1C(C)(C)C12CCCC(C(C)C)CC2. The summed E-state index contributed by atoms with van der Waals surface area (Å²) in [6.07, 6.45) is 7.39. The minimum atomic E-state index is 0.584. The van der Waals surface area contributed by atoms with Gasteiger partial charge in [-0.15, -0.1) is 0 Å². The molecule has 2 aliphatic carbocycles. The fourth-order valence-corrected chi connectivity index (χ4v) is 4.85. The van der Waals surface area contributed by atoms with E-state index in [-0.39, 0.29) is 0 Å². The quantitative estimate of drug-likeness (QED) is 0.777. The van der Waals surface area contributed by atoms with Gasteiger partial charge in [0.15, 0.2) is 0 Å². The van der Waals surface area contributed by atoms with Gasteiger partial charge in [0.25, 0.3) is 0 Å². The first-order chi connectivity index (χ1) is 8.45. The zero-order valence-corrected chi connectivity index (χ0v) is 13.2. The molecule has 0 bridgehead atoms. The van der Waals surface area contributed by atoms with Crippen LogP contribution in [0.5, 0.6) is 0 Å². The molecule has 18 heavy (non-hydrogen) atoms. The minimum absolute atomic E-state index is 0.584. The van der Waals surface area contributed by atoms with Gasteiger partial charge in [-0.1, -0.05) is 47.5 Å². The molecule has 1 heteroatoms. The molecule has 0 heterocycles. The second kappa shape index (κ2) is 5.15. The van der Waals surface area contributed by atoms with E-state index in [2.05, 4.69) is 39.9 Å². The van der Waals surface area contributed by atoms with Crippen LogP contribution in [0, 0.1) is 28.6 Å². The Hall–Kier alpha value is -0.0400. The Bertz CT molecular complexity index is 281. The third-order valence-corrected chi connectivity index (χ3v) is 6.44. The molecular formula is C17H33N. The number of rotatable bonds is 4. The summed E-state index contributed by atoms with van der Waals surface area (Å²) in [6.45, 7) is 14.5. The Morgan fingerprint density at radius 1 is 1.17 bits per heavy atom. The lowest BCUT2D eigenvalue weighted by Crippen LogP contribution is -2.19. The van der Waals surface area contributed by atoms with Crippen LogP contribution in [0.25, 0.3) is 0 Å². The van der Waals surface area contributed by atoms with E-state index in [9.17, 15) is 0 Å². The molecule has 2 aliphatic rings. The van der Waals surface area contributed by atoms with Gasteiger partial charge < -0.3 is 5.32 Å². The average Bonchev–Trinajstić information content (AvgIpc) is 2.86. The normalized spacial score (nSPS) is 39.0. The third-order valence-electron chi connectivity index (χ3n) is 6.44. The van der Waals surface area contributed by atoms with Crippen LogP contribution in [0.2, 0.25) is 0 Å². The highest BCUT2D eigenvalue weighted by Crippen LogP contribution is 2.74. The Balaban J connectivity index is 2.00. The molecule has 1 N–H and O–H groups in total. The third kappa shape index (κ3) is 2.24. The standard InChI is InChI=1S/C17H33N/c1-6-18-12-15-16(4,5)17(15)10-7-8-14(9-11-17)13(2)3/h13-15,18H,6-12H2,1-5H3. The maximum atomic E-state index is 3.59. The maximum Gasteiger partial charge on any atom is -0.000979 e. The fraction of sp³-hybridized carbons (Fsp3) is 1.00. The van der Waals surface area contributed by atoms with Crippen molar-refractivity contribution >= 4 is 0 Å². The Morgan fingerprint density at radius 2 is 1.89 bits per heavy atom. The van der Waals surface area contributed by atoms with E-state index < -0.39 is 0 Å². The lowest BCUT2D eigenvalue weighted by Gasteiger charge is -2.20. The predicted molar refractivity (Wildman–Crippen MR) is 79.7 cm³/mol. The van der Waals surface area contributed by atoms with Gasteiger partial charge in [-0.2, -0.15) is 0 Å². The van der Waals surface area contributed by atoms with Gasteiger partial charge in [0.1, 0.15) is 0 Å². The van der Waals surface area contributed by atoms with Crippen LogP contribution in [0.1, 0.15) is 66.7 Å². The summed E-state index contributed by atoms with van der Waals surface area (Å²) >= 11 is 0. The van der Waals surface area contributed by atoms with E-state index in [1.54, 1.807) is 0 Å². The van der Waals surface area contributed by atoms with Crippen LogP contribution in [0.15, 0.2) is 0 Å². The zero-order valence-electron chi connectivity index (χ0n) is 13.2. The van der Waals surface area contributed by atoms with Gasteiger partial charge in [-0.25, -0.2) is 0 Å². The van der Waals surface area contributed by atoms with E-state index in [1.807, 2.05) is 0 Å². The largest absolute Gasteiger partial charge is 0.317 e. The van der Waals surface area contributed by atoms with Crippen molar-refractivity contribution in [2.75, 3.05) is 13.1 Å². The molecule has 1 nitrogen and oxygen atoms in total. The molecule has 106 valence electrons. The van der Waals surface area contributed by atoms with Crippen LogP contribution in [-0.2, 0) is 0 Å². The first-order valence-corrected chi connectivity index (χ1v) is 8.16. The Labute approximate surface area is 114 Å². The molecule has 0 aromatic rings. The van der Waals surface area contributed by atoms with Crippen molar-refractivity contribution in [2.45, 2.75) is 66.7 Å². The highest BCUT2D eigenvalue weighted by molar-refractivity contribution is 5.17. The van der Waals surface area contributed by atoms with Crippen LogP contribution < -0.4 is 5.32 Å².